The molecule has 104 valence electrons. The Balaban J connectivity index is 2.65. The number of ether oxygens (including phenoxy) is 1. The molecule has 0 saturated heterocycles. The summed E-state index contributed by atoms with van der Waals surface area (Å²) in [5, 5.41) is 2.75. The molecule has 0 aromatic heterocycles. The molecule has 1 saturated carbocycles. The largest absolute Gasteiger partial charge is 0.465 e. The van der Waals surface area contributed by atoms with Gasteiger partial charge in [0.25, 0.3) is 0 Å². The smallest absolute Gasteiger partial charge is 0.325 e. The van der Waals surface area contributed by atoms with Crippen LogP contribution in [0, 0.1) is 17.3 Å². The van der Waals surface area contributed by atoms with Gasteiger partial charge in [-0.25, -0.2) is 0 Å². The average molecular weight is 255 g/mol. The zero-order chi connectivity index (χ0) is 13.8. The fourth-order valence-corrected chi connectivity index (χ4v) is 3.19. The fourth-order valence-electron chi connectivity index (χ4n) is 3.19. The molecule has 1 rings (SSSR count). The van der Waals surface area contributed by atoms with E-state index >= 15 is 0 Å². The van der Waals surface area contributed by atoms with Crippen molar-refractivity contribution in [2.45, 2.75) is 47.0 Å². The van der Waals surface area contributed by atoms with Crippen molar-refractivity contribution in [3.63, 3.8) is 0 Å². The summed E-state index contributed by atoms with van der Waals surface area (Å²) in [6, 6.07) is 0. The van der Waals surface area contributed by atoms with Gasteiger partial charge in [0, 0.05) is 0 Å². The van der Waals surface area contributed by atoms with Crippen LogP contribution in [-0.2, 0) is 14.3 Å². The minimum atomic E-state index is -0.365. The molecule has 18 heavy (non-hydrogen) atoms. The maximum Gasteiger partial charge on any atom is 0.325 e. The third-order valence-corrected chi connectivity index (χ3v) is 4.26. The van der Waals surface area contributed by atoms with E-state index in [1.807, 2.05) is 0 Å². The SMILES string of the molecule is CCOC(=O)CNC(=O)C1(C(C)C)CCCC1C. The van der Waals surface area contributed by atoms with Crippen LogP contribution < -0.4 is 5.32 Å². The molecule has 2 unspecified atom stereocenters. The number of carbonyl (C=O) groups excluding carboxylic acids is 2. The van der Waals surface area contributed by atoms with Gasteiger partial charge in [0.15, 0.2) is 0 Å². The van der Waals surface area contributed by atoms with Crippen molar-refractivity contribution in [2.75, 3.05) is 13.2 Å². The van der Waals surface area contributed by atoms with Crippen molar-refractivity contribution in [3.05, 3.63) is 0 Å². The molecule has 0 radical (unpaired) electrons. The van der Waals surface area contributed by atoms with E-state index in [0.717, 1.165) is 19.3 Å². The predicted octanol–water partition coefficient (Wildman–Crippen LogP) is 2.13. The maximum atomic E-state index is 12.4. The number of hydrogen-bond donors (Lipinski definition) is 1. The molecular formula is C14H25NO3. The van der Waals surface area contributed by atoms with Crippen LogP contribution >= 0.6 is 0 Å². The molecule has 4 heteroatoms. The van der Waals surface area contributed by atoms with Crippen LogP contribution in [0.4, 0.5) is 0 Å². The number of hydrogen-bond acceptors (Lipinski definition) is 3. The molecule has 0 spiro atoms. The van der Waals surface area contributed by atoms with Gasteiger partial charge in [-0.05, 0) is 31.6 Å². The van der Waals surface area contributed by atoms with Crippen molar-refractivity contribution >= 4 is 11.9 Å². The number of esters is 1. The molecule has 2 atom stereocenters. The topological polar surface area (TPSA) is 55.4 Å². The second kappa shape index (κ2) is 6.21. The zero-order valence-corrected chi connectivity index (χ0v) is 11.9. The molecule has 1 N–H and O–H groups in total. The van der Waals surface area contributed by atoms with Crippen molar-refractivity contribution in [2.24, 2.45) is 17.3 Å². The lowest BCUT2D eigenvalue weighted by Crippen LogP contribution is -2.47. The Bertz CT molecular complexity index is 314. The highest BCUT2D eigenvalue weighted by molar-refractivity contribution is 5.87. The van der Waals surface area contributed by atoms with Crippen LogP contribution in [0.3, 0.4) is 0 Å². The monoisotopic (exact) mass is 255 g/mol. The van der Waals surface area contributed by atoms with Crippen molar-refractivity contribution < 1.29 is 14.3 Å². The quantitative estimate of drug-likeness (QED) is 0.766. The highest BCUT2D eigenvalue weighted by atomic mass is 16.5. The Morgan fingerprint density at radius 1 is 1.44 bits per heavy atom. The van der Waals surface area contributed by atoms with Crippen LogP contribution in [0.15, 0.2) is 0 Å². The standard InChI is InChI=1S/C14H25NO3/c1-5-18-12(16)9-15-13(17)14(10(2)3)8-6-7-11(14)4/h10-11H,5-9H2,1-4H3,(H,15,17). The van der Waals surface area contributed by atoms with Gasteiger partial charge in [0.2, 0.25) is 5.91 Å². The van der Waals surface area contributed by atoms with E-state index in [9.17, 15) is 9.59 Å². The van der Waals surface area contributed by atoms with Crippen molar-refractivity contribution in [3.8, 4) is 0 Å². The van der Waals surface area contributed by atoms with Gasteiger partial charge in [-0.15, -0.1) is 0 Å². The second-order valence-electron chi connectivity index (χ2n) is 5.48. The van der Waals surface area contributed by atoms with Gasteiger partial charge in [-0.3, -0.25) is 9.59 Å². The fraction of sp³-hybridized carbons (Fsp3) is 0.857. The van der Waals surface area contributed by atoms with E-state index in [4.69, 9.17) is 4.74 Å². The summed E-state index contributed by atoms with van der Waals surface area (Å²) in [5.41, 5.74) is -0.313. The summed E-state index contributed by atoms with van der Waals surface area (Å²) < 4.78 is 4.82. The Morgan fingerprint density at radius 3 is 2.56 bits per heavy atom. The number of rotatable bonds is 5. The summed E-state index contributed by atoms with van der Waals surface area (Å²) in [5.74, 6) is 0.308. The molecule has 1 aliphatic carbocycles. The minimum absolute atomic E-state index is 0.00977. The summed E-state index contributed by atoms with van der Waals surface area (Å²) in [4.78, 5) is 23.7. The van der Waals surface area contributed by atoms with Crippen LogP contribution in [0.25, 0.3) is 0 Å². The number of carbonyl (C=O) groups is 2. The maximum absolute atomic E-state index is 12.4. The normalized spacial score (nSPS) is 27.3. The van der Waals surface area contributed by atoms with E-state index in [2.05, 4.69) is 26.1 Å². The summed E-state index contributed by atoms with van der Waals surface area (Å²) in [6.45, 7) is 8.40. The van der Waals surface area contributed by atoms with Crippen LogP contribution in [0.1, 0.15) is 47.0 Å². The van der Waals surface area contributed by atoms with E-state index in [1.54, 1.807) is 6.92 Å². The highest BCUT2D eigenvalue weighted by Gasteiger charge is 2.48. The van der Waals surface area contributed by atoms with Gasteiger partial charge < -0.3 is 10.1 Å². The van der Waals surface area contributed by atoms with Gasteiger partial charge in [-0.2, -0.15) is 0 Å². The Morgan fingerprint density at radius 2 is 2.11 bits per heavy atom. The number of amides is 1. The third kappa shape index (κ3) is 2.85. The number of nitrogens with one attached hydrogen (secondary N) is 1. The molecule has 0 aromatic rings. The second-order valence-corrected chi connectivity index (χ2v) is 5.48. The first kappa shape index (κ1) is 15.0. The molecule has 4 nitrogen and oxygen atoms in total. The van der Waals surface area contributed by atoms with Gasteiger partial charge in [0.1, 0.15) is 6.54 Å². The van der Waals surface area contributed by atoms with E-state index in [-0.39, 0.29) is 29.8 Å². The molecule has 1 aliphatic rings. The Hall–Kier alpha value is -1.06. The highest BCUT2D eigenvalue weighted by Crippen LogP contribution is 2.48. The van der Waals surface area contributed by atoms with Crippen molar-refractivity contribution in [1.29, 1.82) is 0 Å². The molecule has 1 fully saturated rings. The first-order valence-electron chi connectivity index (χ1n) is 6.89. The van der Waals surface area contributed by atoms with Gasteiger partial charge >= 0.3 is 5.97 Å². The Kier molecular flexibility index (Phi) is 5.17. The molecule has 0 bridgehead atoms. The lowest BCUT2D eigenvalue weighted by atomic mass is 9.69. The van der Waals surface area contributed by atoms with Gasteiger partial charge in [0.05, 0.1) is 12.0 Å². The molecule has 1 amide bonds. The summed E-state index contributed by atoms with van der Waals surface area (Å²) in [6.07, 6.45) is 3.09. The predicted molar refractivity (Wildman–Crippen MR) is 69.9 cm³/mol. The zero-order valence-electron chi connectivity index (χ0n) is 11.9. The first-order chi connectivity index (χ1) is 8.45. The molecule has 0 aromatic carbocycles. The third-order valence-electron chi connectivity index (χ3n) is 4.26. The molecule has 0 heterocycles. The van der Waals surface area contributed by atoms with E-state index < -0.39 is 0 Å². The van der Waals surface area contributed by atoms with Crippen molar-refractivity contribution in [1.82, 2.24) is 5.32 Å². The van der Waals surface area contributed by atoms with E-state index in [1.165, 1.54) is 0 Å². The first-order valence-corrected chi connectivity index (χ1v) is 6.89. The van der Waals surface area contributed by atoms with Crippen LogP contribution in [0.2, 0.25) is 0 Å². The van der Waals surface area contributed by atoms with Gasteiger partial charge in [-0.1, -0.05) is 27.2 Å². The Labute approximate surface area is 109 Å². The lowest BCUT2D eigenvalue weighted by Gasteiger charge is -2.36. The van der Waals surface area contributed by atoms with Crippen LogP contribution in [0.5, 0.6) is 0 Å². The van der Waals surface area contributed by atoms with E-state index in [0.29, 0.717) is 12.5 Å². The molecule has 0 aliphatic heterocycles. The lowest BCUT2D eigenvalue weighted by molar-refractivity contribution is -0.146. The molecular weight excluding hydrogens is 230 g/mol. The summed E-state index contributed by atoms with van der Waals surface area (Å²) in [7, 11) is 0. The average Bonchev–Trinajstić information content (AvgIpc) is 2.69. The minimum Gasteiger partial charge on any atom is -0.465 e. The van der Waals surface area contributed by atoms with Crippen LogP contribution in [-0.4, -0.2) is 25.0 Å². The summed E-state index contributed by atoms with van der Waals surface area (Å²) >= 11 is 0.